The Hall–Kier alpha value is -2.37. The zero-order chi connectivity index (χ0) is 21.4. The third-order valence-electron chi connectivity index (χ3n) is 5.00. The lowest BCUT2D eigenvalue weighted by Crippen LogP contribution is -2.51. The van der Waals surface area contributed by atoms with Crippen molar-refractivity contribution in [3.63, 3.8) is 0 Å². The second kappa shape index (κ2) is 7.81. The third-order valence-corrected chi connectivity index (χ3v) is 5.00. The number of amides is 2. The molecule has 1 aromatic heterocycles. The molecule has 7 nitrogen and oxygen atoms in total. The molecule has 1 saturated heterocycles. The van der Waals surface area contributed by atoms with Crippen LogP contribution < -0.4 is 5.73 Å². The van der Waals surface area contributed by atoms with E-state index in [4.69, 9.17) is 5.73 Å². The Labute approximate surface area is 163 Å². The van der Waals surface area contributed by atoms with E-state index in [1.54, 1.807) is 0 Å². The van der Waals surface area contributed by atoms with Gasteiger partial charge in [-0.3, -0.25) is 9.59 Å². The van der Waals surface area contributed by atoms with E-state index in [2.05, 4.69) is 9.97 Å². The minimum absolute atomic E-state index is 0.0329. The van der Waals surface area contributed by atoms with Crippen LogP contribution in [-0.2, 0) is 28.7 Å². The number of carbonyl (C=O) groups excluding carboxylic acids is 2. The van der Waals surface area contributed by atoms with Crippen LogP contribution in [0, 0.1) is 0 Å². The van der Waals surface area contributed by atoms with E-state index < -0.39 is 48.6 Å². The number of nitrogens with zero attached hydrogens (tertiary/aromatic N) is 4. The number of hydrogen-bond acceptors (Lipinski definition) is 5. The SMILES string of the molecule is N[C@H](CC(=O)N1CCc2c(ncnc2C(F)(F)F)C1)CN1CC(F)(F)CCC1=O. The first-order valence-electron chi connectivity index (χ1n) is 9.05. The van der Waals surface area contributed by atoms with Gasteiger partial charge in [0, 0.05) is 44.0 Å². The van der Waals surface area contributed by atoms with Gasteiger partial charge in [0.05, 0.1) is 18.8 Å². The number of rotatable bonds is 4. The van der Waals surface area contributed by atoms with Gasteiger partial charge in [0.2, 0.25) is 11.8 Å². The number of fused-ring (bicyclic) bond motifs is 1. The molecule has 1 aromatic rings. The number of hydrogen-bond donors (Lipinski definition) is 1. The first-order chi connectivity index (χ1) is 13.5. The molecule has 160 valence electrons. The highest BCUT2D eigenvalue weighted by Crippen LogP contribution is 2.33. The summed E-state index contributed by atoms with van der Waals surface area (Å²) in [6, 6.07) is -0.863. The highest BCUT2D eigenvalue weighted by Gasteiger charge is 2.40. The first-order valence-corrected chi connectivity index (χ1v) is 9.05. The van der Waals surface area contributed by atoms with E-state index in [9.17, 15) is 31.5 Å². The minimum Gasteiger partial charge on any atom is -0.336 e. The van der Waals surface area contributed by atoms with Gasteiger partial charge in [-0.15, -0.1) is 0 Å². The zero-order valence-electron chi connectivity index (χ0n) is 15.4. The van der Waals surface area contributed by atoms with Gasteiger partial charge >= 0.3 is 6.18 Å². The van der Waals surface area contributed by atoms with Gasteiger partial charge in [-0.1, -0.05) is 0 Å². The molecular weight excluding hydrogens is 401 g/mol. The van der Waals surface area contributed by atoms with Crippen molar-refractivity contribution in [2.75, 3.05) is 19.6 Å². The summed E-state index contributed by atoms with van der Waals surface area (Å²) < 4.78 is 66.1. The van der Waals surface area contributed by atoms with Gasteiger partial charge in [-0.05, 0) is 6.42 Å². The molecule has 1 fully saturated rings. The van der Waals surface area contributed by atoms with Crippen LogP contribution in [0.1, 0.15) is 36.2 Å². The second-order valence-corrected chi connectivity index (χ2v) is 7.30. The Morgan fingerprint density at radius 2 is 2.00 bits per heavy atom. The average Bonchev–Trinajstić information content (AvgIpc) is 2.62. The molecule has 3 rings (SSSR count). The molecule has 2 N–H and O–H groups in total. The maximum atomic E-state index is 13.5. The number of piperidine rings is 1. The van der Waals surface area contributed by atoms with E-state index in [0.717, 1.165) is 11.2 Å². The standard InChI is InChI=1S/C17H20F5N5O2/c18-16(19)3-1-13(28)27(8-16)6-10(23)5-14(29)26-4-2-11-12(7-26)24-9-25-15(11)17(20,21)22/h9-10H,1-8,23H2/t10-/m1/s1. The van der Waals surface area contributed by atoms with E-state index in [0.29, 0.717) is 0 Å². The van der Waals surface area contributed by atoms with Gasteiger partial charge < -0.3 is 15.5 Å². The lowest BCUT2D eigenvalue weighted by molar-refractivity contribution is -0.148. The van der Waals surface area contributed by atoms with Gasteiger partial charge in [0.1, 0.15) is 6.33 Å². The van der Waals surface area contributed by atoms with Crippen molar-refractivity contribution >= 4 is 11.8 Å². The lowest BCUT2D eigenvalue weighted by atomic mass is 10.0. The molecule has 0 bridgehead atoms. The molecule has 2 aliphatic heterocycles. The molecule has 0 saturated carbocycles. The predicted molar refractivity (Wildman–Crippen MR) is 89.5 cm³/mol. The van der Waals surface area contributed by atoms with Crippen LogP contribution in [0.3, 0.4) is 0 Å². The topological polar surface area (TPSA) is 92.4 Å². The highest BCUT2D eigenvalue weighted by molar-refractivity contribution is 5.78. The lowest BCUT2D eigenvalue weighted by Gasteiger charge is -2.34. The number of halogens is 5. The number of likely N-dealkylation sites (tertiary alicyclic amines) is 1. The molecule has 0 aliphatic carbocycles. The monoisotopic (exact) mass is 421 g/mol. The van der Waals surface area contributed by atoms with Gasteiger partial charge in [0.25, 0.3) is 5.92 Å². The van der Waals surface area contributed by atoms with E-state index in [1.807, 2.05) is 0 Å². The summed E-state index contributed by atoms with van der Waals surface area (Å²) in [6.45, 7) is -1.00. The number of carbonyl (C=O) groups is 2. The van der Waals surface area contributed by atoms with E-state index >= 15 is 0 Å². The normalized spacial score (nSPS) is 20.4. The summed E-state index contributed by atoms with van der Waals surface area (Å²) in [7, 11) is 0. The van der Waals surface area contributed by atoms with Crippen molar-refractivity contribution < 1.29 is 31.5 Å². The first kappa shape index (κ1) is 21.3. The average molecular weight is 421 g/mol. The van der Waals surface area contributed by atoms with Crippen LogP contribution in [0.25, 0.3) is 0 Å². The van der Waals surface area contributed by atoms with E-state index in [-0.39, 0.29) is 50.2 Å². The Morgan fingerprint density at radius 3 is 2.69 bits per heavy atom. The Morgan fingerprint density at radius 1 is 1.28 bits per heavy atom. The molecule has 0 radical (unpaired) electrons. The summed E-state index contributed by atoms with van der Waals surface area (Å²) in [4.78, 5) is 33.7. The van der Waals surface area contributed by atoms with Gasteiger partial charge in [0.15, 0.2) is 5.69 Å². The number of alkyl halides is 5. The molecule has 1 atom stereocenters. The molecular formula is C17H20F5N5O2. The van der Waals surface area contributed by atoms with Crippen molar-refractivity contribution in [2.24, 2.45) is 5.73 Å². The Balaban J connectivity index is 1.60. The molecule has 0 unspecified atom stereocenters. The highest BCUT2D eigenvalue weighted by atomic mass is 19.4. The van der Waals surface area contributed by atoms with Crippen LogP contribution in [0.4, 0.5) is 22.0 Å². The summed E-state index contributed by atoms with van der Waals surface area (Å²) in [5.74, 6) is -3.86. The summed E-state index contributed by atoms with van der Waals surface area (Å²) >= 11 is 0. The molecule has 0 aromatic carbocycles. The van der Waals surface area contributed by atoms with Crippen molar-refractivity contribution in [1.82, 2.24) is 19.8 Å². The Kier molecular flexibility index (Phi) is 5.74. The van der Waals surface area contributed by atoms with E-state index in [1.165, 1.54) is 4.90 Å². The fraction of sp³-hybridized carbons (Fsp3) is 0.647. The van der Waals surface area contributed by atoms with Crippen LogP contribution >= 0.6 is 0 Å². The maximum absolute atomic E-state index is 13.5. The number of aromatic nitrogens is 2. The third kappa shape index (κ3) is 4.98. The second-order valence-electron chi connectivity index (χ2n) is 7.30. The van der Waals surface area contributed by atoms with Crippen LogP contribution in [0.15, 0.2) is 6.33 Å². The van der Waals surface area contributed by atoms with Gasteiger partial charge in [-0.2, -0.15) is 13.2 Å². The largest absolute Gasteiger partial charge is 0.433 e. The van der Waals surface area contributed by atoms with Crippen LogP contribution in [0.2, 0.25) is 0 Å². The van der Waals surface area contributed by atoms with Gasteiger partial charge in [-0.25, -0.2) is 18.7 Å². The van der Waals surface area contributed by atoms with Crippen molar-refractivity contribution in [1.29, 1.82) is 0 Å². The van der Waals surface area contributed by atoms with Crippen LogP contribution in [0.5, 0.6) is 0 Å². The molecule has 2 amide bonds. The molecule has 0 spiro atoms. The summed E-state index contributed by atoms with van der Waals surface area (Å²) in [5.41, 5.74) is 4.96. The van der Waals surface area contributed by atoms with Crippen molar-refractivity contribution in [3.05, 3.63) is 23.3 Å². The fourth-order valence-corrected chi connectivity index (χ4v) is 3.57. The Bertz CT molecular complexity index is 801. The summed E-state index contributed by atoms with van der Waals surface area (Å²) in [5, 5.41) is 0. The van der Waals surface area contributed by atoms with Crippen molar-refractivity contribution in [2.45, 2.75) is 50.4 Å². The predicted octanol–water partition coefficient (Wildman–Crippen LogP) is 1.36. The quantitative estimate of drug-likeness (QED) is 0.742. The zero-order valence-corrected chi connectivity index (χ0v) is 15.4. The molecule has 12 heteroatoms. The fourth-order valence-electron chi connectivity index (χ4n) is 3.57. The molecule has 3 heterocycles. The molecule has 29 heavy (non-hydrogen) atoms. The minimum atomic E-state index is -4.61. The smallest absolute Gasteiger partial charge is 0.336 e. The molecule has 2 aliphatic rings. The number of nitrogens with two attached hydrogens (primary N) is 1. The van der Waals surface area contributed by atoms with Crippen LogP contribution in [-0.4, -0.2) is 63.2 Å². The summed E-state index contributed by atoms with van der Waals surface area (Å²) in [6.07, 6.45) is -4.86. The van der Waals surface area contributed by atoms with Crippen molar-refractivity contribution in [3.8, 4) is 0 Å². The maximum Gasteiger partial charge on any atom is 0.433 e.